The van der Waals surface area contributed by atoms with Crippen molar-refractivity contribution in [2.45, 2.75) is 26.4 Å². The van der Waals surface area contributed by atoms with Crippen LogP contribution in [-0.2, 0) is 9.53 Å². The lowest BCUT2D eigenvalue weighted by Gasteiger charge is -2.19. The van der Waals surface area contributed by atoms with Crippen LogP contribution in [0, 0.1) is 0 Å². The number of carboxylic acids is 1. The van der Waals surface area contributed by atoms with Gasteiger partial charge in [0.05, 0.1) is 5.52 Å². The largest absolute Gasteiger partial charge is 0.477 e. The third-order valence-corrected chi connectivity index (χ3v) is 4.15. The molecule has 8 heteroatoms. The van der Waals surface area contributed by atoms with Crippen LogP contribution in [0.15, 0.2) is 60.3 Å². The first-order chi connectivity index (χ1) is 14.6. The molecule has 0 saturated carbocycles. The number of ether oxygens (including phenoxy) is 2. The average Bonchev–Trinajstić information content (AvgIpc) is 2.68. The molecule has 3 rings (SSSR count). The maximum Gasteiger partial charge on any atom is 0.412 e. The second-order valence-electron chi connectivity index (χ2n) is 7.65. The summed E-state index contributed by atoms with van der Waals surface area (Å²) in [6.07, 6.45) is 0.511. The van der Waals surface area contributed by atoms with Crippen molar-refractivity contribution in [1.29, 1.82) is 0 Å². The Morgan fingerprint density at radius 2 is 1.77 bits per heavy atom. The third kappa shape index (κ3) is 6.45. The first kappa shape index (κ1) is 22.1. The molecule has 0 atom stereocenters. The maximum atomic E-state index is 11.9. The van der Waals surface area contributed by atoms with Gasteiger partial charge in [-0.3, -0.25) is 5.32 Å². The minimum absolute atomic E-state index is 0.302. The van der Waals surface area contributed by atoms with Gasteiger partial charge in [0, 0.05) is 16.5 Å². The van der Waals surface area contributed by atoms with Gasteiger partial charge in [-0.1, -0.05) is 17.7 Å². The van der Waals surface area contributed by atoms with Crippen molar-refractivity contribution in [1.82, 2.24) is 10.3 Å². The van der Waals surface area contributed by atoms with Gasteiger partial charge in [-0.15, -0.1) is 0 Å². The molecule has 0 bridgehead atoms. The SMILES string of the molecule is CC(C)(C)OC(=O)N/C(=C/c1ccc2nc(Oc3ccc(Cl)cc3)ccc2c1)C(=O)O. The van der Waals surface area contributed by atoms with E-state index in [1.54, 1.807) is 69.3 Å². The Morgan fingerprint density at radius 3 is 2.42 bits per heavy atom. The highest BCUT2D eigenvalue weighted by molar-refractivity contribution is 6.30. The number of aromatic nitrogens is 1. The van der Waals surface area contributed by atoms with Gasteiger partial charge in [0.2, 0.25) is 5.88 Å². The number of carboxylic acid groups (broad SMARTS) is 1. The highest BCUT2D eigenvalue weighted by Crippen LogP contribution is 2.24. The summed E-state index contributed by atoms with van der Waals surface area (Å²) in [6, 6.07) is 15.6. The first-order valence-corrected chi connectivity index (χ1v) is 9.76. The van der Waals surface area contributed by atoms with Crippen LogP contribution in [0.5, 0.6) is 11.6 Å². The Morgan fingerprint density at radius 1 is 1.06 bits per heavy atom. The molecule has 0 spiro atoms. The molecule has 2 aromatic carbocycles. The smallest absolute Gasteiger partial charge is 0.412 e. The number of rotatable bonds is 5. The number of benzene rings is 2. The van der Waals surface area contributed by atoms with E-state index in [9.17, 15) is 14.7 Å². The Kier molecular flexibility index (Phi) is 6.46. The molecule has 0 aliphatic carbocycles. The van der Waals surface area contributed by atoms with Crippen molar-refractivity contribution >= 4 is 40.6 Å². The van der Waals surface area contributed by atoms with E-state index < -0.39 is 17.7 Å². The van der Waals surface area contributed by atoms with Gasteiger partial charge in [-0.05, 0) is 74.9 Å². The van der Waals surface area contributed by atoms with E-state index in [1.165, 1.54) is 6.08 Å². The fraction of sp³-hybridized carbons (Fsp3) is 0.174. The van der Waals surface area contributed by atoms with Crippen molar-refractivity contribution < 1.29 is 24.2 Å². The molecule has 0 radical (unpaired) electrons. The van der Waals surface area contributed by atoms with Gasteiger partial charge in [0.1, 0.15) is 17.0 Å². The molecule has 160 valence electrons. The number of carbonyl (C=O) groups excluding carboxylic acids is 1. The maximum absolute atomic E-state index is 11.9. The van der Waals surface area contributed by atoms with E-state index in [0.717, 1.165) is 5.39 Å². The summed E-state index contributed by atoms with van der Waals surface area (Å²) in [5, 5.41) is 13.1. The molecular formula is C23H21ClN2O5. The number of hydrogen-bond acceptors (Lipinski definition) is 5. The number of aliphatic carboxylic acids is 1. The number of fused-ring (bicyclic) bond motifs is 1. The number of halogens is 1. The van der Waals surface area contributed by atoms with Gasteiger partial charge in [-0.2, -0.15) is 0 Å². The molecule has 0 unspecified atom stereocenters. The number of carbonyl (C=O) groups is 2. The number of amides is 1. The molecule has 31 heavy (non-hydrogen) atoms. The molecule has 7 nitrogen and oxygen atoms in total. The van der Waals surface area contributed by atoms with Gasteiger partial charge in [-0.25, -0.2) is 14.6 Å². The zero-order chi connectivity index (χ0) is 22.6. The standard InChI is InChI=1S/C23H21ClN2O5/c1-23(2,3)31-22(29)26-19(21(27)28)13-14-4-10-18-15(12-14)5-11-20(25-18)30-17-8-6-16(24)7-9-17/h4-13H,1-3H3,(H,26,29)(H,27,28)/b19-13+. The van der Waals surface area contributed by atoms with Gasteiger partial charge in [0.15, 0.2) is 0 Å². The first-order valence-electron chi connectivity index (χ1n) is 9.38. The Labute approximate surface area is 184 Å². The lowest BCUT2D eigenvalue weighted by molar-refractivity contribution is -0.133. The van der Waals surface area contributed by atoms with Crippen LogP contribution in [-0.4, -0.2) is 27.8 Å². The van der Waals surface area contributed by atoms with Crippen molar-refractivity contribution in [3.63, 3.8) is 0 Å². The van der Waals surface area contributed by atoms with E-state index in [4.69, 9.17) is 21.1 Å². The molecule has 1 amide bonds. The molecule has 0 aliphatic rings. The minimum atomic E-state index is -1.28. The lowest BCUT2D eigenvalue weighted by Crippen LogP contribution is -2.34. The monoisotopic (exact) mass is 440 g/mol. The molecule has 2 N–H and O–H groups in total. The predicted octanol–water partition coefficient (Wildman–Crippen LogP) is 5.63. The zero-order valence-corrected chi connectivity index (χ0v) is 17.9. The topological polar surface area (TPSA) is 97.8 Å². The number of alkyl carbamates (subject to hydrolysis) is 1. The molecule has 0 fully saturated rings. The third-order valence-electron chi connectivity index (χ3n) is 3.90. The average molecular weight is 441 g/mol. The predicted molar refractivity (Wildman–Crippen MR) is 118 cm³/mol. The zero-order valence-electron chi connectivity index (χ0n) is 17.2. The Hall–Kier alpha value is -3.58. The van der Waals surface area contributed by atoms with Gasteiger partial charge >= 0.3 is 12.1 Å². The Bertz CT molecular complexity index is 1150. The lowest BCUT2D eigenvalue weighted by atomic mass is 10.1. The van der Waals surface area contributed by atoms with E-state index in [2.05, 4.69) is 10.3 Å². The van der Waals surface area contributed by atoms with E-state index in [1.807, 2.05) is 6.07 Å². The summed E-state index contributed by atoms with van der Waals surface area (Å²) < 4.78 is 10.8. The highest BCUT2D eigenvalue weighted by atomic mass is 35.5. The molecule has 1 aromatic heterocycles. The summed E-state index contributed by atoms with van der Waals surface area (Å²) in [6.45, 7) is 5.08. The fourth-order valence-electron chi connectivity index (χ4n) is 2.63. The number of nitrogens with zero attached hydrogens (tertiary/aromatic N) is 1. The van der Waals surface area contributed by atoms with Crippen molar-refractivity contribution in [3.8, 4) is 11.6 Å². The summed E-state index contributed by atoms with van der Waals surface area (Å²) in [5.74, 6) is -0.262. The summed E-state index contributed by atoms with van der Waals surface area (Å²) in [5.41, 5.74) is 0.202. The van der Waals surface area contributed by atoms with E-state index >= 15 is 0 Å². The van der Waals surface area contributed by atoms with Crippen LogP contribution in [0.3, 0.4) is 0 Å². The second kappa shape index (κ2) is 9.06. The van der Waals surface area contributed by atoms with Gasteiger partial charge < -0.3 is 14.6 Å². The van der Waals surface area contributed by atoms with Crippen molar-refractivity contribution in [2.24, 2.45) is 0 Å². The second-order valence-corrected chi connectivity index (χ2v) is 8.08. The normalized spacial score (nSPS) is 11.8. The summed E-state index contributed by atoms with van der Waals surface area (Å²) in [7, 11) is 0. The number of pyridine rings is 1. The molecular weight excluding hydrogens is 420 g/mol. The highest BCUT2D eigenvalue weighted by Gasteiger charge is 2.19. The van der Waals surface area contributed by atoms with Crippen LogP contribution in [0.4, 0.5) is 4.79 Å². The quantitative estimate of drug-likeness (QED) is 0.499. The Balaban J connectivity index is 1.81. The molecule has 1 heterocycles. The molecule has 0 aliphatic heterocycles. The molecule has 0 saturated heterocycles. The van der Waals surface area contributed by atoms with Crippen molar-refractivity contribution in [3.05, 3.63) is 70.9 Å². The van der Waals surface area contributed by atoms with E-state index in [0.29, 0.717) is 27.7 Å². The van der Waals surface area contributed by atoms with Crippen LogP contribution < -0.4 is 10.1 Å². The van der Waals surface area contributed by atoms with Crippen LogP contribution >= 0.6 is 11.6 Å². The van der Waals surface area contributed by atoms with Crippen LogP contribution in [0.25, 0.3) is 17.0 Å². The number of hydrogen-bond donors (Lipinski definition) is 2. The summed E-state index contributed by atoms with van der Waals surface area (Å²) >= 11 is 5.88. The number of nitrogens with one attached hydrogen (secondary N) is 1. The van der Waals surface area contributed by atoms with Crippen LogP contribution in [0.2, 0.25) is 5.02 Å². The van der Waals surface area contributed by atoms with Crippen LogP contribution in [0.1, 0.15) is 26.3 Å². The van der Waals surface area contributed by atoms with Crippen molar-refractivity contribution in [2.75, 3.05) is 0 Å². The van der Waals surface area contributed by atoms with E-state index in [-0.39, 0.29) is 5.70 Å². The fourth-order valence-corrected chi connectivity index (χ4v) is 2.75. The van der Waals surface area contributed by atoms with Gasteiger partial charge in [0.25, 0.3) is 0 Å². The summed E-state index contributed by atoms with van der Waals surface area (Å²) in [4.78, 5) is 27.9. The molecule has 3 aromatic rings. The minimum Gasteiger partial charge on any atom is -0.477 e.